The number of likely N-dealkylation sites (tertiary alicyclic amines) is 1. The molecule has 1 aromatic carbocycles. The Morgan fingerprint density at radius 3 is 2.51 bits per heavy atom. The van der Waals surface area contributed by atoms with Crippen LogP contribution < -0.4 is 0 Å². The van der Waals surface area contributed by atoms with Gasteiger partial charge in [-0.05, 0) is 99.7 Å². The average Bonchev–Trinajstić information content (AvgIpc) is 3.61. The first-order valence-electron chi connectivity index (χ1n) is 15.4. The smallest absolute Gasteiger partial charge is 0.410 e. The van der Waals surface area contributed by atoms with Crippen LogP contribution in [0, 0.1) is 6.92 Å². The second-order valence-corrected chi connectivity index (χ2v) is 13.2. The minimum Gasteiger partial charge on any atom is -0.444 e. The molecule has 2 fully saturated rings. The summed E-state index contributed by atoms with van der Waals surface area (Å²) in [4.78, 5) is 47.7. The van der Waals surface area contributed by atoms with Crippen molar-refractivity contribution in [3.05, 3.63) is 76.6 Å². The SMILES string of the molecule is Cc1c[nH]c2ncc(-c3cc4c(c(C5CCCN5C(=O)OC(C)(C)C)c3)CN(C(=O)c3cnc(C5CC5)nc3)CC4)cc12. The summed E-state index contributed by atoms with van der Waals surface area (Å²) in [6.07, 6.45) is 11.7. The highest BCUT2D eigenvalue weighted by atomic mass is 16.6. The van der Waals surface area contributed by atoms with Crippen LogP contribution in [0.4, 0.5) is 4.79 Å². The van der Waals surface area contributed by atoms with Crippen molar-refractivity contribution < 1.29 is 14.3 Å². The van der Waals surface area contributed by atoms with Crippen molar-refractivity contribution in [3.8, 4) is 11.1 Å². The molecule has 4 aromatic rings. The summed E-state index contributed by atoms with van der Waals surface area (Å²) in [6.45, 7) is 9.49. The number of benzene rings is 1. The van der Waals surface area contributed by atoms with E-state index in [0.717, 1.165) is 76.8 Å². The number of aryl methyl sites for hydroxylation is 1. The summed E-state index contributed by atoms with van der Waals surface area (Å²) >= 11 is 0. The van der Waals surface area contributed by atoms with Gasteiger partial charge in [-0.2, -0.15) is 0 Å². The van der Waals surface area contributed by atoms with Gasteiger partial charge in [0.2, 0.25) is 0 Å². The summed E-state index contributed by atoms with van der Waals surface area (Å²) in [5.74, 6) is 1.22. The van der Waals surface area contributed by atoms with E-state index in [-0.39, 0.29) is 18.0 Å². The van der Waals surface area contributed by atoms with Gasteiger partial charge < -0.3 is 19.5 Å². The molecule has 1 N–H and O–H groups in total. The van der Waals surface area contributed by atoms with E-state index in [9.17, 15) is 9.59 Å². The fourth-order valence-electron chi connectivity index (χ4n) is 6.44. The molecule has 43 heavy (non-hydrogen) atoms. The number of ether oxygens (including phenoxy) is 1. The number of nitrogens with zero attached hydrogens (tertiary/aromatic N) is 5. The zero-order valence-electron chi connectivity index (χ0n) is 25.3. The predicted molar refractivity (Wildman–Crippen MR) is 164 cm³/mol. The van der Waals surface area contributed by atoms with Crippen LogP contribution in [0.3, 0.4) is 0 Å². The number of hydrogen-bond donors (Lipinski definition) is 1. The van der Waals surface area contributed by atoms with Crippen molar-refractivity contribution in [1.82, 2.24) is 29.7 Å². The largest absolute Gasteiger partial charge is 0.444 e. The van der Waals surface area contributed by atoms with Crippen LogP contribution in [0.2, 0.25) is 0 Å². The number of hydrogen-bond acceptors (Lipinski definition) is 6. The number of pyridine rings is 1. The highest BCUT2D eigenvalue weighted by Crippen LogP contribution is 2.41. The van der Waals surface area contributed by atoms with Crippen molar-refractivity contribution in [3.63, 3.8) is 0 Å². The third-order valence-electron chi connectivity index (χ3n) is 8.84. The van der Waals surface area contributed by atoms with E-state index >= 15 is 0 Å². The van der Waals surface area contributed by atoms with E-state index in [4.69, 9.17) is 4.74 Å². The number of carbonyl (C=O) groups is 2. The lowest BCUT2D eigenvalue weighted by Crippen LogP contribution is -2.39. The van der Waals surface area contributed by atoms with Crippen LogP contribution in [0.25, 0.3) is 22.2 Å². The molecule has 1 atom stereocenters. The van der Waals surface area contributed by atoms with Gasteiger partial charge in [0, 0.05) is 61.3 Å². The Labute approximate surface area is 251 Å². The maximum Gasteiger partial charge on any atom is 0.410 e. The maximum atomic E-state index is 13.6. The van der Waals surface area contributed by atoms with Gasteiger partial charge in [-0.25, -0.2) is 19.7 Å². The van der Waals surface area contributed by atoms with E-state index in [1.807, 2.05) is 43.0 Å². The van der Waals surface area contributed by atoms with Crippen LogP contribution in [0.5, 0.6) is 0 Å². The molecule has 0 spiro atoms. The first-order chi connectivity index (χ1) is 20.6. The lowest BCUT2D eigenvalue weighted by molar-refractivity contribution is 0.0222. The molecule has 1 unspecified atom stereocenters. The minimum atomic E-state index is -0.582. The molecule has 9 heteroatoms. The summed E-state index contributed by atoms with van der Waals surface area (Å²) in [5.41, 5.74) is 7.47. The minimum absolute atomic E-state index is 0.0592. The second-order valence-electron chi connectivity index (χ2n) is 13.2. The van der Waals surface area contributed by atoms with E-state index in [0.29, 0.717) is 31.1 Å². The Kier molecular flexibility index (Phi) is 6.71. The predicted octanol–water partition coefficient (Wildman–Crippen LogP) is 6.48. The number of aromatic nitrogens is 4. The summed E-state index contributed by atoms with van der Waals surface area (Å²) in [6, 6.07) is 6.50. The van der Waals surface area contributed by atoms with Gasteiger partial charge in [-0.15, -0.1) is 0 Å². The highest BCUT2D eigenvalue weighted by Gasteiger charge is 2.36. The third kappa shape index (κ3) is 5.37. The highest BCUT2D eigenvalue weighted by molar-refractivity contribution is 5.94. The molecule has 222 valence electrons. The molecular weight excluding hydrogens is 540 g/mol. The van der Waals surface area contributed by atoms with E-state index < -0.39 is 5.60 Å². The number of amides is 2. The molecule has 2 amide bonds. The van der Waals surface area contributed by atoms with Crippen molar-refractivity contribution in [2.75, 3.05) is 13.1 Å². The van der Waals surface area contributed by atoms with Gasteiger partial charge in [0.15, 0.2) is 0 Å². The second kappa shape index (κ2) is 10.5. The Morgan fingerprint density at radius 1 is 0.977 bits per heavy atom. The lowest BCUT2D eigenvalue weighted by atomic mass is 9.86. The van der Waals surface area contributed by atoms with Gasteiger partial charge in [0.05, 0.1) is 11.6 Å². The van der Waals surface area contributed by atoms with Crippen LogP contribution in [-0.2, 0) is 17.7 Å². The molecule has 0 bridgehead atoms. The number of fused-ring (bicyclic) bond motifs is 2. The first kappa shape index (κ1) is 27.6. The van der Waals surface area contributed by atoms with Crippen LogP contribution in [-0.4, -0.2) is 60.4 Å². The van der Waals surface area contributed by atoms with Gasteiger partial charge in [-0.1, -0.05) is 6.07 Å². The van der Waals surface area contributed by atoms with Crippen LogP contribution >= 0.6 is 0 Å². The number of rotatable bonds is 4. The number of aromatic amines is 1. The standard InChI is InChI=1S/C34H38N6O3/c1-20-15-35-31-26(20)14-24(16-38-31)23-12-22-9-11-39(32(41)25-17-36-30(37-18-25)21-7-8-21)19-28(22)27(13-23)29-6-5-10-40(29)33(42)43-34(2,3)4/h12-18,21,29H,5-11,19H2,1-4H3,(H,35,38). The summed E-state index contributed by atoms with van der Waals surface area (Å²) in [7, 11) is 0. The molecule has 3 aliphatic rings. The Hall–Kier alpha value is -4.27. The first-order valence-corrected chi connectivity index (χ1v) is 15.4. The summed E-state index contributed by atoms with van der Waals surface area (Å²) < 4.78 is 5.83. The molecule has 0 radical (unpaired) electrons. The van der Waals surface area contributed by atoms with Crippen molar-refractivity contribution in [2.45, 2.75) is 83.9 Å². The molecule has 9 nitrogen and oxygen atoms in total. The fourth-order valence-corrected chi connectivity index (χ4v) is 6.44. The molecule has 3 aromatic heterocycles. The molecule has 2 aliphatic heterocycles. The van der Waals surface area contributed by atoms with Gasteiger partial charge >= 0.3 is 6.09 Å². The molecular formula is C34H38N6O3. The molecule has 1 saturated heterocycles. The third-order valence-corrected chi connectivity index (χ3v) is 8.84. The average molecular weight is 579 g/mol. The fraction of sp³-hybridized carbons (Fsp3) is 0.441. The normalized spacial score (nSPS) is 18.7. The topological polar surface area (TPSA) is 104 Å². The van der Waals surface area contributed by atoms with E-state index in [1.54, 1.807) is 12.4 Å². The zero-order chi connectivity index (χ0) is 29.9. The number of H-pyrrole nitrogens is 1. The van der Waals surface area contributed by atoms with Crippen molar-refractivity contribution >= 4 is 23.0 Å². The molecule has 5 heterocycles. The number of carbonyl (C=O) groups excluding carboxylic acids is 2. The lowest BCUT2D eigenvalue weighted by Gasteiger charge is -2.35. The van der Waals surface area contributed by atoms with Crippen LogP contribution in [0.1, 0.15) is 96.9 Å². The maximum absolute atomic E-state index is 13.6. The Balaban J connectivity index is 1.26. The van der Waals surface area contributed by atoms with Crippen molar-refractivity contribution in [1.29, 1.82) is 0 Å². The van der Waals surface area contributed by atoms with Gasteiger partial charge in [-0.3, -0.25) is 4.79 Å². The monoisotopic (exact) mass is 578 g/mol. The summed E-state index contributed by atoms with van der Waals surface area (Å²) in [5, 5.41) is 1.10. The zero-order valence-corrected chi connectivity index (χ0v) is 25.3. The van der Waals surface area contributed by atoms with Gasteiger partial charge in [0.25, 0.3) is 5.91 Å². The number of nitrogens with one attached hydrogen (secondary N) is 1. The van der Waals surface area contributed by atoms with E-state index in [1.165, 1.54) is 5.56 Å². The van der Waals surface area contributed by atoms with Crippen molar-refractivity contribution in [2.24, 2.45) is 0 Å². The van der Waals surface area contributed by atoms with Gasteiger partial charge in [0.1, 0.15) is 17.1 Å². The Morgan fingerprint density at radius 2 is 1.77 bits per heavy atom. The Bertz CT molecular complexity index is 1720. The van der Waals surface area contributed by atoms with Crippen LogP contribution in [0.15, 0.2) is 43.0 Å². The molecule has 1 aliphatic carbocycles. The quantitative estimate of drug-likeness (QED) is 0.297. The molecule has 1 saturated carbocycles. The molecule has 7 rings (SSSR count). The van der Waals surface area contributed by atoms with E-state index in [2.05, 4.69) is 45.1 Å².